The first-order valence-electron chi connectivity index (χ1n) is 6.15. The Labute approximate surface area is 95.6 Å². The zero-order chi connectivity index (χ0) is 11.8. The predicted octanol–water partition coefficient (Wildman–Crippen LogP) is 1.56. The van der Waals surface area contributed by atoms with Gasteiger partial charge in [0, 0.05) is 0 Å². The highest BCUT2D eigenvalue weighted by atomic mass is 16.5. The molecule has 0 aromatic carbocycles. The van der Waals surface area contributed by atoms with Crippen LogP contribution in [0.2, 0.25) is 0 Å². The minimum absolute atomic E-state index is 0.190. The molecule has 0 bridgehead atoms. The Morgan fingerprint density at radius 3 is 2.94 bits per heavy atom. The SMILES string of the molecule is CCC1CC2CCC[C@@](O)(CC(=O)O)C2O1. The fourth-order valence-electron chi connectivity index (χ4n) is 3.20. The molecule has 0 aromatic heterocycles. The van der Waals surface area contributed by atoms with Crippen LogP contribution < -0.4 is 0 Å². The van der Waals surface area contributed by atoms with Gasteiger partial charge < -0.3 is 14.9 Å². The molecule has 1 heterocycles. The van der Waals surface area contributed by atoms with Gasteiger partial charge in [-0.3, -0.25) is 4.79 Å². The van der Waals surface area contributed by atoms with Crippen molar-refractivity contribution in [3.05, 3.63) is 0 Å². The summed E-state index contributed by atoms with van der Waals surface area (Å²) < 4.78 is 5.82. The Morgan fingerprint density at radius 1 is 1.56 bits per heavy atom. The fourth-order valence-corrected chi connectivity index (χ4v) is 3.20. The van der Waals surface area contributed by atoms with Crippen molar-refractivity contribution in [2.24, 2.45) is 5.92 Å². The van der Waals surface area contributed by atoms with Gasteiger partial charge in [0.1, 0.15) is 5.60 Å². The standard InChI is InChI=1S/C12H20O4/c1-2-9-6-8-4-3-5-12(15,7-10(13)14)11(8)16-9/h8-9,11,15H,2-7H2,1H3,(H,13,14)/t8?,9?,11?,12-/m1/s1. The minimum Gasteiger partial charge on any atom is -0.481 e. The maximum absolute atomic E-state index is 10.8. The molecule has 1 saturated carbocycles. The Hall–Kier alpha value is -0.610. The van der Waals surface area contributed by atoms with Crippen molar-refractivity contribution < 1.29 is 19.7 Å². The maximum Gasteiger partial charge on any atom is 0.306 e. The van der Waals surface area contributed by atoms with Gasteiger partial charge in [0.05, 0.1) is 18.6 Å². The molecule has 2 rings (SSSR count). The summed E-state index contributed by atoms with van der Waals surface area (Å²) in [6.07, 6.45) is 4.19. The largest absolute Gasteiger partial charge is 0.481 e. The molecule has 1 saturated heterocycles. The van der Waals surface area contributed by atoms with Crippen LogP contribution >= 0.6 is 0 Å². The van der Waals surface area contributed by atoms with E-state index in [9.17, 15) is 9.90 Å². The van der Waals surface area contributed by atoms with E-state index in [1.54, 1.807) is 0 Å². The first-order valence-corrected chi connectivity index (χ1v) is 6.15. The molecule has 4 atom stereocenters. The lowest BCUT2D eigenvalue weighted by Gasteiger charge is -2.39. The fraction of sp³-hybridized carbons (Fsp3) is 0.917. The molecule has 4 heteroatoms. The molecule has 3 unspecified atom stereocenters. The van der Waals surface area contributed by atoms with Crippen molar-refractivity contribution >= 4 is 5.97 Å². The van der Waals surface area contributed by atoms with Crippen LogP contribution in [0.1, 0.15) is 45.4 Å². The van der Waals surface area contributed by atoms with E-state index < -0.39 is 11.6 Å². The van der Waals surface area contributed by atoms with Crippen molar-refractivity contribution in [2.45, 2.75) is 63.3 Å². The monoisotopic (exact) mass is 228 g/mol. The molecule has 0 spiro atoms. The zero-order valence-electron chi connectivity index (χ0n) is 9.69. The third kappa shape index (κ3) is 2.09. The van der Waals surface area contributed by atoms with E-state index in [4.69, 9.17) is 9.84 Å². The Kier molecular flexibility index (Phi) is 3.22. The number of hydrogen-bond donors (Lipinski definition) is 2. The van der Waals surface area contributed by atoms with Gasteiger partial charge in [0.2, 0.25) is 0 Å². The second kappa shape index (κ2) is 4.34. The highest BCUT2D eigenvalue weighted by molar-refractivity contribution is 5.68. The second-order valence-electron chi connectivity index (χ2n) is 5.15. The van der Waals surface area contributed by atoms with Crippen LogP contribution in [-0.2, 0) is 9.53 Å². The van der Waals surface area contributed by atoms with E-state index >= 15 is 0 Å². The third-order valence-corrected chi connectivity index (χ3v) is 3.96. The zero-order valence-corrected chi connectivity index (χ0v) is 9.69. The van der Waals surface area contributed by atoms with E-state index in [0.29, 0.717) is 12.3 Å². The average molecular weight is 228 g/mol. The molecular weight excluding hydrogens is 208 g/mol. The highest BCUT2D eigenvalue weighted by Crippen LogP contribution is 2.44. The lowest BCUT2D eigenvalue weighted by molar-refractivity contribution is -0.162. The molecule has 2 aliphatic rings. The summed E-state index contributed by atoms with van der Waals surface area (Å²) in [5.74, 6) is -0.588. The van der Waals surface area contributed by atoms with Crippen molar-refractivity contribution in [2.75, 3.05) is 0 Å². The lowest BCUT2D eigenvalue weighted by Crippen LogP contribution is -2.49. The third-order valence-electron chi connectivity index (χ3n) is 3.96. The number of ether oxygens (including phenoxy) is 1. The van der Waals surface area contributed by atoms with Gasteiger partial charge in [0.25, 0.3) is 0 Å². The van der Waals surface area contributed by atoms with Crippen molar-refractivity contribution in [3.8, 4) is 0 Å². The van der Waals surface area contributed by atoms with Gasteiger partial charge >= 0.3 is 5.97 Å². The van der Waals surface area contributed by atoms with Crippen LogP contribution in [-0.4, -0.2) is 34.0 Å². The van der Waals surface area contributed by atoms with E-state index in [0.717, 1.165) is 25.7 Å². The van der Waals surface area contributed by atoms with E-state index in [-0.39, 0.29) is 18.6 Å². The van der Waals surface area contributed by atoms with Crippen LogP contribution in [0.15, 0.2) is 0 Å². The van der Waals surface area contributed by atoms with Crippen LogP contribution in [0.5, 0.6) is 0 Å². The number of aliphatic hydroxyl groups is 1. The molecular formula is C12H20O4. The molecule has 92 valence electrons. The van der Waals surface area contributed by atoms with Crippen molar-refractivity contribution in [3.63, 3.8) is 0 Å². The lowest BCUT2D eigenvalue weighted by atomic mass is 9.73. The van der Waals surface area contributed by atoms with Crippen LogP contribution in [0.25, 0.3) is 0 Å². The highest BCUT2D eigenvalue weighted by Gasteiger charge is 2.50. The maximum atomic E-state index is 10.8. The quantitative estimate of drug-likeness (QED) is 0.769. The van der Waals surface area contributed by atoms with Crippen LogP contribution in [0.4, 0.5) is 0 Å². The summed E-state index contributed by atoms with van der Waals surface area (Å²) in [5, 5.41) is 19.3. The van der Waals surface area contributed by atoms with E-state index in [1.165, 1.54) is 0 Å². The average Bonchev–Trinajstić information content (AvgIpc) is 2.61. The summed E-state index contributed by atoms with van der Waals surface area (Å²) in [6.45, 7) is 2.07. The smallest absolute Gasteiger partial charge is 0.306 e. The predicted molar refractivity (Wildman–Crippen MR) is 58.1 cm³/mol. The number of carboxylic acid groups (broad SMARTS) is 1. The van der Waals surface area contributed by atoms with Gasteiger partial charge in [-0.25, -0.2) is 0 Å². The van der Waals surface area contributed by atoms with Gasteiger partial charge in [-0.05, 0) is 31.6 Å². The first kappa shape index (κ1) is 11.9. The topological polar surface area (TPSA) is 66.8 Å². The van der Waals surface area contributed by atoms with E-state index in [1.807, 2.05) is 0 Å². The Bertz CT molecular complexity index is 278. The van der Waals surface area contributed by atoms with Crippen LogP contribution in [0, 0.1) is 5.92 Å². The summed E-state index contributed by atoms with van der Waals surface area (Å²) in [4.78, 5) is 10.8. The molecule has 0 radical (unpaired) electrons. The molecule has 1 aliphatic carbocycles. The second-order valence-corrected chi connectivity index (χ2v) is 5.15. The van der Waals surface area contributed by atoms with E-state index in [2.05, 4.69) is 6.92 Å². The van der Waals surface area contributed by atoms with Gasteiger partial charge in [-0.15, -0.1) is 0 Å². The summed E-state index contributed by atoms with van der Waals surface area (Å²) in [7, 11) is 0. The van der Waals surface area contributed by atoms with Crippen LogP contribution in [0.3, 0.4) is 0 Å². The first-order chi connectivity index (χ1) is 7.55. The minimum atomic E-state index is -1.14. The van der Waals surface area contributed by atoms with Gasteiger partial charge in [-0.2, -0.15) is 0 Å². The number of hydrogen-bond acceptors (Lipinski definition) is 3. The molecule has 16 heavy (non-hydrogen) atoms. The van der Waals surface area contributed by atoms with Crippen molar-refractivity contribution in [1.82, 2.24) is 0 Å². The molecule has 0 aromatic rings. The summed E-state index contributed by atoms with van der Waals surface area (Å²) in [5.41, 5.74) is -1.14. The summed E-state index contributed by atoms with van der Waals surface area (Å²) in [6, 6.07) is 0. The molecule has 0 amide bonds. The molecule has 1 aliphatic heterocycles. The van der Waals surface area contributed by atoms with Crippen molar-refractivity contribution in [1.29, 1.82) is 0 Å². The number of carboxylic acids is 1. The van der Waals surface area contributed by atoms with Gasteiger partial charge in [0.15, 0.2) is 0 Å². The normalized spacial score (nSPS) is 43.0. The summed E-state index contributed by atoms with van der Waals surface area (Å²) >= 11 is 0. The number of rotatable bonds is 3. The molecule has 2 N–H and O–H groups in total. The molecule has 2 fully saturated rings. The Balaban J connectivity index is 2.11. The number of fused-ring (bicyclic) bond motifs is 1. The number of carbonyl (C=O) groups is 1. The molecule has 4 nitrogen and oxygen atoms in total. The number of aliphatic carboxylic acids is 1. The Morgan fingerprint density at radius 2 is 2.31 bits per heavy atom. The van der Waals surface area contributed by atoms with Gasteiger partial charge in [-0.1, -0.05) is 13.3 Å².